The normalized spacial score (nSPS) is 14.7. The molecule has 13 nitrogen and oxygen atoms in total. The molecule has 1 saturated heterocycles. The SMILES string of the molecule is COc1ccc(C(=O)NN2C[C@@H](C(=O)OCC(=O)Nc3ccc(C)c([N+](=O)[O-])c3)CC2=O)cc1OC. The number of carbonyl (C=O) groups is 4. The Morgan fingerprint density at radius 1 is 1.11 bits per heavy atom. The number of hydrogen-bond acceptors (Lipinski definition) is 9. The van der Waals surface area contributed by atoms with Crippen molar-refractivity contribution in [2.75, 3.05) is 32.7 Å². The van der Waals surface area contributed by atoms with Crippen molar-refractivity contribution in [1.29, 1.82) is 0 Å². The van der Waals surface area contributed by atoms with E-state index < -0.39 is 41.1 Å². The van der Waals surface area contributed by atoms with Crippen LogP contribution in [0.2, 0.25) is 0 Å². The molecule has 190 valence electrons. The van der Waals surface area contributed by atoms with Crippen molar-refractivity contribution in [1.82, 2.24) is 10.4 Å². The molecule has 1 heterocycles. The number of nitrogens with zero attached hydrogens (tertiary/aromatic N) is 2. The number of aryl methyl sites for hydroxylation is 1. The number of nitro benzene ring substituents is 1. The smallest absolute Gasteiger partial charge is 0.311 e. The van der Waals surface area contributed by atoms with Crippen molar-refractivity contribution in [3.8, 4) is 11.5 Å². The van der Waals surface area contributed by atoms with Crippen LogP contribution in [0.15, 0.2) is 36.4 Å². The fraction of sp³-hybridized carbons (Fsp3) is 0.304. The summed E-state index contributed by atoms with van der Waals surface area (Å²) in [5.41, 5.74) is 3.09. The molecule has 0 unspecified atom stereocenters. The molecule has 1 atom stereocenters. The van der Waals surface area contributed by atoms with Gasteiger partial charge in [0.15, 0.2) is 18.1 Å². The summed E-state index contributed by atoms with van der Waals surface area (Å²) in [4.78, 5) is 59.8. The third-order valence-electron chi connectivity index (χ3n) is 5.38. The molecule has 2 N–H and O–H groups in total. The lowest BCUT2D eigenvalue weighted by molar-refractivity contribution is -0.385. The first-order chi connectivity index (χ1) is 17.1. The second-order valence-corrected chi connectivity index (χ2v) is 7.83. The summed E-state index contributed by atoms with van der Waals surface area (Å²) in [6, 6.07) is 8.64. The summed E-state index contributed by atoms with van der Waals surface area (Å²) in [7, 11) is 2.88. The lowest BCUT2D eigenvalue weighted by atomic mass is 10.1. The molecular formula is C23H24N4O9. The minimum Gasteiger partial charge on any atom is -0.493 e. The number of carbonyl (C=O) groups excluding carboxylic acids is 4. The lowest BCUT2D eigenvalue weighted by Gasteiger charge is -2.18. The standard InChI is InChI=1S/C23H24N4O9/c1-13-4-6-16(10-17(13)27(32)33)24-20(28)12-36-23(31)15-9-21(29)26(11-15)25-22(30)14-5-7-18(34-2)19(8-14)35-3/h4-8,10,15H,9,11-12H2,1-3H3,(H,24,28)(H,25,30)/t15-/m0/s1. The van der Waals surface area contributed by atoms with Crippen LogP contribution in [0, 0.1) is 23.0 Å². The van der Waals surface area contributed by atoms with E-state index in [2.05, 4.69) is 10.7 Å². The Labute approximate surface area is 205 Å². The number of rotatable bonds is 9. The largest absolute Gasteiger partial charge is 0.493 e. The maximum absolute atomic E-state index is 12.6. The van der Waals surface area contributed by atoms with Crippen molar-refractivity contribution in [2.24, 2.45) is 5.92 Å². The molecule has 1 fully saturated rings. The Bertz CT molecular complexity index is 1210. The molecule has 36 heavy (non-hydrogen) atoms. The molecule has 0 saturated carbocycles. The van der Waals surface area contributed by atoms with E-state index in [1.54, 1.807) is 13.0 Å². The van der Waals surface area contributed by atoms with Crippen molar-refractivity contribution < 1.29 is 38.3 Å². The van der Waals surface area contributed by atoms with E-state index >= 15 is 0 Å². The zero-order valence-corrected chi connectivity index (χ0v) is 19.7. The lowest BCUT2D eigenvalue weighted by Crippen LogP contribution is -2.43. The van der Waals surface area contributed by atoms with E-state index in [0.717, 1.165) is 5.01 Å². The van der Waals surface area contributed by atoms with Gasteiger partial charge in [-0.1, -0.05) is 6.07 Å². The van der Waals surface area contributed by atoms with Crippen LogP contribution < -0.4 is 20.2 Å². The zero-order chi connectivity index (χ0) is 26.4. The van der Waals surface area contributed by atoms with Gasteiger partial charge < -0.3 is 19.5 Å². The van der Waals surface area contributed by atoms with E-state index in [-0.39, 0.29) is 29.9 Å². The molecule has 1 aliphatic rings. The van der Waals surface area contributed by atoms with Gasteiger partial charge in [-0.15, -0.1) is 0 Å². The van der Waals surface area contributed by atoms with Gasteiger partial charge in [0.05, 0.1) is 31.6 Å². The number of hydrazine groups is 1. The van der Waals surface area contributed by atoms with Gasteiger partial charge in [0.1, 0.15) is 0 Å². The number of nitrogens with one attached hydrogen (secondary N) is 2. The topological polar surface area (TPSA) is 166 Å². The van der Waals surface area contributed by atoms with Gasteiger partial charge in [0.25, 0.3) is 17.5 Å². The highest BCUT2D eigenvalue weighted by molar-refractivity contribution is 5.97. The van der Waals surface area contributed by atoms with Crippen LogP contribution in [-0.2, 0) is 19.1 Å². The Balaban J connectivity index is 1.52. The molecule has 3 amide bonds. The van der Waals surface area contributed by atoms with Crippen molar-refractivity contribution >= 4 is 35.1 Å². The van der Waals surface area contributed by atoms with Crippen molar-refractivity contribution in [2.45, 2.75) is 13.3 Å². The first-order valence-electron chi connectivity index (χ1n) is 10.7. The van der Waals surface area contributed by atoms with Crippen LogP contribution in [0.5, 0.6) is 11.5 Å². The summed E-state index contributed by atoms with van der Waals surface area (Å²) in [5.74, 6) is -2.72. The first kappa shape index (κ1) is 25.9. The second-order valence-electron chi connectivity index (χ2n) is 7.83. The maximum atomic E-state index is 12.6. The first-order valence-corrected chi connectivity index (χ1v) is 10.7. The minimum absolute atomic E-state index is 0.136. The molecule has 0 radical (unpaired) electrons. The minimum atomic E-state index is -0.892. The van der Waals surface area contributed by atoms with Gasteiger partial charge in [-0.05, 0) is 31.2 Å². The van der Waals surface area contributed by atoms with Crippen molar-refractivity contribution in [3.63, 3.8) is 0 Å². The molecule has 2 aromatic carbocycles. The molecule has 13 heteroatoms. The van der Waals surface area contributed by atoms with Crippen LogP contribution in [0.3, 0.4) is 0 Å². The number of nitro groups is 1. The van der Waals surface area contributed by atoms with E-state index in [0.29, 0.717) is 17.1 Å². The van der Waals surface area contributed by atoms with Gasteiger partial charge >= 0.3 is 5.97 Å². The van der Waals surface area contributed by atoms with E-state index in [1.807, 2.05) is 0 Å². The average Bonchev–Trinajstić information content (AvgIpc) is 3.22. The highest BCUT2D eigenvalue weighted by atomic mass is 16.6. The summed E-state index contributed by atoms with van der Waals surface area (Å²) in [6.45, 7) is 0.777. The molecule has 1 aliphatic heterocycles. The van der Waals surface area contributed by atoms with E-state index in [1.165, 1.54) is 44.6 Å². The number of hydrogen-bond donors (Lipinski definition) is 2. The van der Waals surface area contributed by atoms with Crippen LogP contribution >= 0.6 is 0 Å². The molecule has 2 aromatic rings. The highest BCUT2D eigenvalue weighted by Crippen LogP contribution is 2.28. The zero-order valence-electron chi connectivity index (χ0n) is 19.7. The molecule has 0 aliphatic carbocycles. The predicted molar refractivity (Wildman–Crippen MR) is 124 cm³/mol. The Morgan fingerprint density at radius 3 is 2.50 bits per heavy atom. The van der Waals surface area contributed by atoms with Crippen LogP contribution in [0.25, 0.3) is 0 Å². The quantitative estimate of drug-likeness (QED) is 0.295. The van der Waals surface area contributed by atoms with Gasteiger partial charge in [-0.3, -0.25) is 39.7 Å². The monoisotopic (exact) mass is 500 g/mol. The number of anilines is 1. The molecule has 0 spiro atoms. The number of esters is 1. The summed E-state index contributed by atoms with van der Waals surface area (Å²) in [5, 5.41) is 14.5. The summed E-state index contributed by atoms with van der Waals surface area (Å²) < 4.78 is 15.3. The third kappa shape index (κ3) is 6.05. The fourth-order valence-electron chi connectivity index (χ4n) is 3.47. The van der Waals surface area contributed by atoms with Gasteiger partial charge in [0.2, 0.25) is 5.91 Å². The highest BCUT2D eigenvalue weighted by Gasteiger charge is 2.37. The Morgan fingerprint density at radius 2 is 1.83 bits per heavy atom. The number of benzene rings is 2. The molecule has 0 aromatic heterocycles. The fourth-order valence-corrected chi connectivity index (χ4v) is 3.47. The van der Waals surface area contributed by atoms with E-state index in [9.17, 15) is 29.3 Å². The number of methoxy groups -OCH3 is 2. The predicted octanol–water partition coefficient (Wildman–Crippen LogP) is 1.60. The third-order valence-corrected chi connectivity index (χ3v) is 5.38. The second kappa shape index (κ2) is 11.2. The van der Waals surface area contributed by atoms with Gasteiger partial charge in [0, 0.05) is 29.3 Å². The van der Waals surface area contributed by atoms with Gasteiger partial charge in [-0.2, -0.15) is 0 Å². The van der Waals surface area contributed by atoms with Crippen LogP contribution in [0.4, 0.5) is 11.4 Å². The summed E-state index contributed by atoms with van der Waals surface area (Å²) in [6.07, 6.45) is -0.211. The number of amides is 3. The summed E-state index contributed by atoms with van der Waals surface area (Å²) >= 11 is 0. The van der Waals surface area contributed by atoms with E-state index in [4.69, 9.17) is 14.2 Å². The molecule has 0 bridgehead atoms. The van der Waals surface area contributed by atoms with Gasteiger partial charge in [-0.25, -0.2) is 0 Å². The molecule has 3 rings (SSSR count). The van der Waals surface area contributed by atoms with Crippen molar-refractivity contribution in [3.05, 3.63) is 57.6 Å². The van der Waals surface area contributed by atoms with Crippen LogP contribution in [0.1, 0.15) is 22.3 Å². The Hall–Kier alpha value is -4.68. The van der Waals surface area contributed by atoms with Crippen LogP contribution in [-0.4, -0.2) is 61.0 Å². The number of ether oxygens (including phenoxy) is 3. The average molecular weight is 500 g/mol. The Kier molecular flexibility index (Phi) is 8.04. The molecular weight excluding hydrogens is 476 g/mol. The maximum Gasteiger partial charge on any atom is 0.311 e.